The summed E-state index contributed by atoms with van der Waals surface area (Å²) < 4.78 is 47.4. The first kappa shape index (κ1) is 15.4. The standard InChI is InChI=1S/C9H17NO6S2/c1-2-4-18(15,16)10(6-9(11)12)8-3-5-17(13,14)7-8/h8H,2-7H2,1H3,(H,11,12). The third kappa shape index (κ3) is 3.92. The Morgan fingerprint density at radius 3 is 2.44 bits per heavy atom. The fourth-order valence-corrected chi connectivity index (χ4v) is 5.48. The quantitative estimate of drug-likeness (QED) is 0.694. The maximum Gasteiger partial charge on any atom is 0.318 e. The molecule has 0 aliphatic carbocycles. The van der Waals surface area contributed by atoms with E-state index in [0.717, 1.165) is 4.31 Å². The van der Waals surface area contributed by atoms with Gasteiger partial charge in [0, 0.05) is 6.04 Å². The van der Waals surface area contributed by atoms with Crippen molar-refractivity contribution in [3.05, 3.63) is 0 Å². The Morgan fingerprint density at radius 2 is 2.06 bits per heavy atom. The summed E-state index contributed by atoms with van der Waals surface area (Å²) in [5.74, 6) is -1.82. The Hall–Kier alpha value is -0.670. The molecule has 0 aromatic heterocycles. The van der Waals surface area contributed by atoms with E-state index in [9.17, 15) is 21.6 Å². The van der Waals surface area contributed by atoms with Gasteiger partial charge in [-0.25, -0.2) is 16.8 Å². The molecule has 1 unspecified atom stereocenters. The number of sulfonamides is 1. The van der Waals surface area contributed by atoms with Crippen LogP contribution in [0.5, 0.6) is 0 Å². The van der Waals surface area contributed by atoms with Crippen molar-refractivity contribution in [2.45, 2.75) is 25.8 Å². The fourth-order valence-electron chi connectivity index (χ4n) is 1.97. The van der Waals surface area contributed by atoms with Crippen molar-refractivity contribution in [2.75, 3.05) is 23.8 Å². The van der Waals surface area contributed by atoms with Crippen LogP contribution in [0.2, 0.25) is 0 Å². The monoisotopic (exact) mass is 299 g/mol. The molecule has 7 nitrogen and oxygen atoms in total. The lowest BCUT2D eigenvalue weighted by Gasteiger charge is -2.25. The lowest BCUT2D eigenvalue weighted by Crippen LogP contribution is -2.45. The maximum absolute atomic E-state index is 11.9. The summed E-state index contributed by atoms with van der Waals surface area (Å²) in [7, 11) is -6.96. The molecule has 1 saturated heterocycles. The van der Waals surface area contributed by atoms with E-state index in [0.29, 0.717) is 6.42 Å². The molecule has 0 amide bonds. The van der Waals surface area contributed by atoms with Crippen molar-refractivity contribution < 1.29 is 26.7 Å². The lowest BCUT2D eigenvalue weighted by atomic mass is 10.2. The maximum atomic E-state index is 11.9. The van der Waals surface area contributed by atoms with Crippen molar-refractivity contribution in [3.63, 3.8) is 0 Å². The molecule has 1 aliphatic heterocycles. The zero-order chi connectivity index (χ0) is 14.0. The highest BCUT2D eigenvalue weighted by molar-refractivity contribution is 7.92. The number of sulfone groups is 1. The molecular weight excluding hydrogens is 282 g/mol. The van der Waals surface area contributed by atoms with Crippen molar-refractivity contribution in [1.29, 1.82) is 0 Å². The van der Waals surface area contributed by atoms with Crippen LogP contribution in [0.15, 0.2) is 0 Å². The van der Waals surface area contributed by atoms with Gasteiger partial charge in [-0.2, -0.15) is 4.31 Å². The van der Waals surface area contributed by atoms with E-state index in [1.54, 1.807) is 6.92 Å². The number of aliphatic carboxylic acids is 1. The van der Waals surface area contributed by atoms with Gasteiger partial charge in [0.1, 0.15) is 6.54 Å². The molecule has 18 heavy (non-hydrogen) atoms. The van der Waals surface area contributed by atoms with E-state index in [1.165, 1.54) is 0 Å². The number of carbonyl (C=O) groups is 1. The largest absolute Gasteiger partial charge is 0.480 e. The third-order valence-corrected chi connectivity index (χ3v) is 6.54. The summed E-state index contributed by atoms with van der Waals surface area (Å²) in [4.78, 5) is 10.7. The number of nitrogens with zero attached hydrogens (tertiary/aromatic N) is 1. The van der Waals surface area contributed by atoms with Gasteiger partial charge in [-0.1, -0.05) is 6.92 Å². The number of hydrogen-bond acceptors (Lipinski definition) is 5. The van der Waals surface area contributed by atoms with Gasteiger partial charge < -0.3 is 5.11 Å². The lowest BCUT2D eigenvalue weighted by molar-refractivity contribution is -0.137. The molecule has 0 bridgehead atoms. The van der Waals surface area contributed by atoms with Crippen molar-refractivity contribution >= 4 is 25.8 Å². The molecule has 106 valence electrons. The minimum absolute atomic E-state index is 0.0879. The Balaban J connectivity index is 2.96. The van der Waals surface area contributed by atoms with Crippen LogP contribution in [0.25, 0.3) is 0 Å². The minimum atomic E-state index is -3.71. The molecule has 1 fully saturated rings. The predicted octanol–water partition coefficient (Wildman–Crippen LogP) is -0.700. The number of hydrogen-bond donors (Lipinski definition) is 1. The summed E-state index contributed by atoms with van der Waals surface area (Å²) in [6.07, 6.45) is 0.524. The first-order valence-corrected chi connectivity index (χ1v) is 9.03. The highest BCUT2D eigenvalue weighted by atomic mass is 32.2. The molecule has 0 aromatic carbocycles. The van der Waals surface area contributed by atoms with Crippen LogP contribution in [-0.4, -0.2) is 62.1 Å². The second-order valence-electron chi connectivity index (χ2n) is 4.31. The third-order valence-electron chi connectivity index (χ3n) is 2.73. The van der Waals surface area contributed by atoms with Crippen LogP contribution in [0, 0.1) is 0 Å². The van der Waals surface area contributed by atoms with E-state index in [-0.39, 0.29) is 23.7 Å². The topological polar surface area (TPSA) is 109 Å². The van der Waals surface area contributed by atoms with Gasteiger partial charge in [0.25, 0.3) is 0 Å². The fraction of sp³-hybridized carbons (Fsp3) is 0.889. The SMILES string of the molecule is CCCS(=O)(=O)N(CC(=O)O)C1CCS(=O)(=O)C1. The highest BCUT2D eigenvalue weighted by Crippen LogP contribution is 2.21. The number of carboxylic acid groups (broad SMARTS) is 1. The zero-order valence-corrected chi connectivity index (χ0v) is 11.7. The summed E-state index contributed by atoms with van der Waals surface area (Å²) in [5, 5.41) is 8.75. The molecule has 1 atom stereocenters. The summed E-state index contributed by atoms with van der Waals surface area (Å²) in [5.41, 5.74) is 0. The number of rotatable bonds is 6. The van der Waals surface area contributed by atoms with Crippen molar-refractivity contribution in [2.24, 2.45) is 0 Å². The van der Waals surface area contributed by atoms with Gasteiger partial charge in [0.2, 0.25) is 10.0 Å². The van der Waals surface area contributed by atoms with Gasteiger partial charge in [0.05, 0.1) is 17.3 Å². The summed E-state index contributed by atoms with van der Waals surface area (Å²) in [6, 6.07) is -0.748. The zero-order valence-electron chi connectivity index (χ0n) is 10.1. The molecular formula is C9H17NO6S2. The van der Waals surface area contributed by atoms with E-state index >= 15 is 0 Å². The minimum Gasteiger partial charge on any atom is -0.480 e. The molecule has 1 rings (SSSR count). The normalized spacial score (nSPS) is 23.3. The van der Waals surface area contributed by atoms with Crippen LogP contribution >= 0.6 is 0 Å². The Bertz CT molecular complexity index is 509. The van der Waals surface area contributed by atoms with Gasteiger partial charge >= 0.3 is 5.97 Å². The van der Waals surface area contributed by atoms with Crippen molar-refractivity contribution in [3.8, 4) is 0 Å². The van der Waals surface area contributed by atoms with E-state index in [4.69, 9.17) is 5.11 Å². The smallest absolute Gasteiger partial charge is 0.318 e. The van der Waals surface area contributed by atoms with Gasteiger partial charge in [-0.15, -0.1) is 0 Å². The van der Waals surface area contributed by atoms with Crippen LogP contribution in [0.4, 0.5) is 0 Å². The first-order valence-electron chi connectivity index (χ1n) is 5.59. The highest BCUT2D eigenvalue weighted by Gasteiger charge is 2.38. The van der Waals surface area contributed by atoms with E-state index in [2.05, 4.69) is 0 Å². The van der Waals surface area contributed by atoms with Gasteiger partial charge in [0.15, 0.2) is 9.84 Å². The van der Waals surface area contributed by atoms with E-state index in [1.807, 2.05) is 0 Å². The molecule has 9 heteroatoms. The Labute approximate surface area is 107 Å². The molecule has 0 radical (unpaired) electrons. The van der Waals surface area contributed by atoms with Crippen LogP contribution in [0.1, 0.15) is 19.8 Å². The van der Waals surface area contributed by atoms with E-state index < -0.39 is 38.4 Å². The Morgan fingerprint density at radius 1 is 1.44 bits per heavy atom. The molecule has 0 saturated carbocycles. The van der Waals surface area contributed by atoms with Gasteiger partial charge in [-0.3, -0.25) is 4.79 Å². The van der Waals surface area contributed by atoms with Crippen LogP contribution < -0.4 is 0 Å². The Kier molecular flexibility index (Phi) is 4.73. The average Bonchev–Trinajstić information content (AvgIpc) is 2.54. The van der Waals surface area contributed by atoms with Crippen LogP contribution in [-0.2, 0) is 24.7 Å². The average molecular weight is 299 g/mol. The molecule has 1 aliphatic rings. The molecule has 1 N–H and O–H groups in total. The first-order chi connectivity index (χ1) is 8.18. The molecule has 0 spiro atoms. The summed E-state index contributed by atoms with van der Waals surface area (Å²) >= 11 is 0. The predicted molar refractivity (Wildman–Crippen MR) is 65.5 cm³/mol. The number of carboxylic acids is 1. The van der Waals surface area contributed by atoms with Crippen LogP contribution in [0.3, 0.4) is 0 Å². The van der Waals surface area contributed by atoms with Gasteiger partial charge in [-0.05, 0) is 12.8 Å². The second kappa shape index (κ2) is 5.54. The second-order valence-corrected chi connectivity index (χ2v) is 8.58. The molecule has 0 aromatic rings. The van der Waals surface area contributed by atoms with Crippen molar-refractivity contribution in [1.82, 2.24) is 4.31 Å². The molecule has 1 heterocycles. The summed E-state index contributed by atoms with van der Waals surface area (Å²) in [6.45, 7) is 0.990.